The van der Waals surface area contributed by atoms with Crippen molar-refractivity contribution in [2.75, 3.05) is 39.4 Å². The molecular weight excluding hydrogens is 614 g/mol. The fourth-order valence-corrected chi connectivity index (χ4v) is 6.90. The number of hydrogen-bond donors (Lipinski definition) is 3. The van der Waals surface area contributed by atoms with E-state index in [1.165, 1.54) is 5.56 Å². The van der Waals surface area contributed by atoms with E-state index >= 15 is 0 Å². The molecule has 3 aromatic carbocycles. The van der Waals surface area contributed by atoms with Crippen LogP contribution in [0.5, 0.6) is 0 Å². The molecule has 2 heterocycles. The number of aliphatic hydroxyl groups excluding tert-OH is 2. The van der Waals surface area contributed by atoms with Crippen LogP contribution in [-0.2, 0) is 10.8 Å². The molecule has 3 N–H and O–H groups in total. The van der Waals surface area contributed by atoms with Crippen LogP contribution in [-0.4, -0.2) is 60.4 Å². The van der Waals surface area contributed by atoms with Gasteiger partial charge in [0.2, 0.25) is 0 Å². The Balaban J connectivity index is 0.000000208. The molecule has 2 unspecified atom stereocenters. The molecular formula is C33H38Cl4N2O3. The molecule has 5 nitrogen and oxygen atoms in total. The molecule has 42 heavy (non-hydrogen) atoms. The fraction of sp³-hybridized carbons (Fsp3) is 0.424. The van der Waals surface area contributed by atoms with Gasteiger partial charge < -0.3 is 20.4 Å². The van der Waals surface area contributed by atoms with Gasteiger partial charge in [0.15, 0.2) is 0 Å². The Morgan fingerprint density at radius 3 is 1.88 bits per heavy atom. The molecule has 2 saturated heterocycles. The van der Waals surface area contributed by atoms with E-state index in [9.17, 15) is 15.0 Å². The van der Waals surface area contributed by atoms with Gasteiger partial charge in [0.1, 0.15) is 0 Å². The first-order valence-corrected chi connectivity index (χ1v) is 15.9. The fourth-order valence-electron chi connectivity index (χ4n) is 6.30. The summed E-state index contributed by atoms with van der Waals surface area (Å²) in [5.74, 6) is 0.0303. The maximum absolute atomic E-state index is 12.9. The lowest BCUT2D eigenvalue weighted by Crippen LogP contribution is -2.49. The van der Waals surface area contributed by atoms with E-state index in [2.05, 4.69) is 5.32 Å². The van der Waals surface area contributed by atoms with Crippen LogP contribution in [0.3, 0.4) is 0 Å². The topological polar surface area (TPSA) is 72.8 Å². The van der Waals surface area contributed by atoms with Gasteiger partial charge >= 0.3 is 0 Å². The van der Waals surface area contributed by atoms with E-state index < -0.39 is 0 Å². The summed E-state index contributed by atoms with van der Waals surface area (Å²) >= 11 is 24.3. The van der Waals surface area contributed by atoms with Gasteiger partial charge in [0, 0.05) is 49.2 Å². The van der Waals surface area contributed by atoms with Crippen molar-refractivity contribution in [3.05, 3.63) is 104 Å². The van der Waals surface area contributed by atoms with Gasteiger partial charge in [-0.3, -0.25) is 4.79 Å². The minimum atomic E-state index is -0.300. The van der Waals surface area contributed by atoms with Gasteiger partial charge in [0.05, 0.1) is 20.1 Å². The van der Waals surface area contributed by atoms with Crippen molar-refractivity contribution in [1.29, 1.82) is 0 Å². The molecule has 2 atom stereocenters. The molecule has 1 amide bonds. The van der Waals surface area contributed by atoms with E-state index in [0.29, 0.717) is 38.6 Å². The van der Waals surface area contributed by atoms with Crippen LogP contribution in [0.25, 0.3) is 0 Å². The van der Waals surface area contributed by atoms with Crippen molar-refractivity contribution in [2.24, 2.45) is 0 Å². The standard InChI is InChI=1S/C20H21Cl2NO2.C13H17Cl2NO/c21-17-8-7-16(13-18(17)22)20(10-12-24)9-4-11-23(14-20)19(25)15-5-2-1-3-6-15;14-11-3-2-10(8-12(11)15)13(5-7-17)4-1-6-16-9-13/h1-3,5-8,13,24H,4,9-12,14H2;2-3,8,16-17H,1,4-7,9H2. The van der Waals surface area contributed by atoms with E-state index in [-0.39, 0.29) is 30.0 Å². The first kappa shape index (κ1) is 33.1. The second-order valence-corrected chi connectivity index (χ2v) is 12.9. The van der Waals surface area contributed by atoms with Crippen LogP contribution < -0.4 is 5.32 Å². The Morgan fingerprint density at radius 1 is 0.762 bits per heavy atom. The number of hydrogen-bond acceptors (Lipinski definition) is 4. The highest BCUT2D eigenvalue weighted by Crippen LogP contribution is 2.40. The van der Waals surface area contributed by atoms with E-state index in [4.69, 9.17) is 46.4 Å². The predicted molar refractivity (Wildman–Crippen MR) is 173 cm³/mol. The third-order valence-corrected chi connectivity index (χ3v) is 10.1. The number of nitrogens with zero attached hydrogens (tertiary/aromatic N) is 1. The minimum Gasteiger partial charge on any atom is -0.396 e. The maximum atomic E-state index is 12.9. The third-order valence-electron chi connectivity index (χ3n) is 8.60. The summed E-state index contributed by atoms with van der Waals surface area (Å²) in [6.45, 7) is 3.50. The first-order chi connectivity index (χ1) is 20.2. The number of aliphatic hydroxyl groups is 2. The zero-order chi connectivity index (χ0) is 30.2. The van der Waals surface area contributed by atoms with Crippen molar-refractivity contribution in [2.45, 2.75) is 49.4 Å². The van der Waals surface area contributed by atoms with Gasteiger partial charge in [-0.1, -0.05) is 76.7 Å². The molecule has 2 fully saturated rings. The lowest BCUT2D eigenvalue weighted by molar-refractivity contribution is 0.0602. The van der Waals surface area contributed by atoms with Crippen molar-refractivity contribution in [1.82, 2.24) is 10.2 Å². The van der Waals surface area contributed by atoms with Crippen molar-refractivity contribution >= 4 is 52.3 Å². The van der Waals surface area contributed by atoms with Crippen LogP contribution in [0, 0.1) is 0 Å². The summed E-state index contributed by atoms with van der Waals surface area (Å²) in [5, 5.41) is 24.5. The lowest BCUT2D eigenvalue weighted by Gasteiger charge is -2.43. The van der Waals surface area contributed by atoms with Gasteiger partial charge in [0.25, 0.3) is 5.91 Å². The second-order valence-electron chi connectivity index (χ2n) is 11.2. The molecule has 2 aliphatic rings. The Bertz CT molecular complexity index is 1320. The zero-order valence-electron chi connectivity index (χ0n) is 23.6. The average Bonchev–Trinajstić information content (AvgIpc) is 3.01. The summed E-state index contributed by atoms with van der Waals surface area (Å²) < 4.78 is 0. The highest BCUT2D eigenvalue weighted by Gasteiger charge is 2.39. The van der Waals surface area contributed by atoms with E-state index in [1.807, 2.05) is 65.6 Å². The molecule has 0 aromatic heterocycles. The van der Waals surface area contributed by atoms with Crippen LogP contribution in [0.15, 0.2) is 66.7 Å². The van der Waals surface area contributed by atoms with Gasteiger partial charge in [-0.05, 0) is 92.6 Å². The smallest absolute Gasteiger partial charge is 0.253 e. The lowest BCUT2D eigenvalue weighted by atomic mass is 9.72. The Hall–Kier alpha value is -1.83. The monoisotopic (exact) mass is 650 g/mol. The van der Waals surface area contributed by atoms with Gasteiger partial charge in [-0.15, -0.1) is 0 Å². The third kappa shape index (κ3) is 7.81. The molecule has 5 rings (SSSR count). The molecule has 226 valence electrons. The number of rotatable bonds is 7. The largest absolute Gasteiger partial charge is 0.396 e. The Morgan fingerprint density at radius 2 is 1.33 bits per heavy atom. The van der Waals surface area contributed by atoms with E-state index in [1.54, 1.807) is 6.07 Å². The number of piperidine rings is 2. The normalized spacial score (nSPS) is 22.3. The summed E-state index contributed by atoms with van der Waals surface area (Å²) in [6, 6.07) is 20.7. The molecule has 3 aromatic rings. The van der Waals surface area contributed by atoms with Crippen molar-refractivity contribution in [3.8, 4) is 0 Å². The van der Waals surface area contributed by atoms with Crippen LogP contribution in [0.2, 0.25) is 20.1 Å². The molecule has 0 bridgehead atoms. The van der Waals surface area contributed by atoms with Gasteiger partial charge in [-0.2, -0.15) is 0 Å². The molecule has 0 spiro atoms. The van der Waals surface area contributed by atoms with Gasteiger partial charge in [-0.25, -0.2) is 0 Å². The summed E-state index contributed by atoms with van der Waals surface area (Å²) in [4.78, 5) is 14.7. The van der Waals surface area contributed by atoms with Crippen molar-refractivity contribution < 1.29 is 15.0 Å². The minimum absolute atomic E-state index is 0.00122. The number of halogens is 4. The molecule has 9 heteroatoms. The number of nitrogens with one attached hydrogen (secondary N) is 1. The summed E-state index contributed by atoms with van der Waals surface area (Å²) in [6.07, 6.45) is 5.35. The highest BCUT2D eigenvalue weighted by molar-refractivity contribution is 6.42. The first-order valence-electron chi connectivity index (χ1n) is 14.4. The SMILES string of the molecule is O=C(c1ccccc1)N1CCCC(CCO)(c2ccc(Cl)c(Cl)c2)C1.OCCC1(c2ccc(Cl)c(Cl)c2)CCCNC1. The highest BCUT2D eigenvalue weighted by atomic mass is 35.5. The second kappa shape index (κ2) is 15.3. The van der Waals surface area contributed by atoms with Crippen LogP contribution >= 0.6 is 46.4 Å². The zero-order valence-corrected chi connectivity index (χ0v) is 26.6. The quantitative estimate of drug-likeness (QED) is 0.247. The number of amides is 1. The maximum Gasteiger partial charge on any atom is 0.253 e. The number of carbonyl (C=O) groups is 1. The summed E-state index contributed by atoms with van der Waals surface area (Å²) in [5.41, 5.74) is 2.60. The number of benzene rings is 3. The van der Waals surface area contributed by atoms with Crippen molar-refractivity contribution in [3.63, 3.8) is 0 Å². The molecule has 0 saturated carbocycles. The Labute approximate surface area is 268 Å². The Kier molecular flexibility index (Phi) is 12.0. The molecule has 0 aliphatic carbocycles. The number of likely N-dealkylation sites (tertiary alicyclic amines) is 1. The number of carbonyl (C=O) groups excluding carboxylic acids is 1. The van der Waals surface area contributed by atoms with E-state index in [0.717, 1.165) is 57.3 Å². The molecule has 2 aliphatic heterocycles. The van der Waals surface area contributed by atoms with Crippen LogP contribution in [0.1, 0.15) is 60.0 Å². The average molecular weight is 652 g/mol. The molecule has 0 radical (unpaired) electrons. The summed E-state index contributed by atoms with van der Waals surface area (Å²) in [7, 11) is 0. The van der Waals surface area contributed by atoms with Crippen LogP contribution in [0.4, 0.5) is 0 Å². The predicted octanol–water partition coefficient (Wildman–Crippen LogP) is 7.55.